The standard InChI is InChI=1S/C31H38ClN3O5S/c1-2-22-6-3-4-8-27(36)23-11-9-21(23)17-35-18-31(15-5-7-25-24(31)12-14-29(32)33-25)19-40-28-13-10-20(16-26(28)35)30(37)34-41(22,38)39/h4,8,10,12-14,16,21-23,27,36H,2-3,5-7,9,11,15,17-19H2,1H3,(H,34,37)/b8-4+/t21-,22+,23+,27-,31-/m0/s1. The average molecular weight is 600 g/mol. The Kier molecular flexibility index (Phi) is 7.80. The second-order valence-electron chi connectivity index (χ2n) is 12.1. The monoisotopic (exact) mass is 599 g/mol. The number of allylic oxidation sites excluding steroid dienone is 1. The summed E-state index contributed by atoms with van der Waals surface area (Å²) in [4.78, 5) is 20.2. The number of aryl methyl sites for hydroxylation is 1. The molecular weight excluding hydrogens is 562 g/mol. The molecule has 3 heterocycles. The Labute approximate surface area is 247 Å². The zero-order chi connectivity index (χ0) is 28.8. The van der Waals surface area contributed by atoms with E-state index in [0.717, 1.165) is 49.0 Å². The van der Waals surface area contributed by atoms with Gasteiger partial charge in [0.05, 0.1) is 23.6 Å². The number of ether oxygens (including phenoxy) is 1. The van der Waals surface area contributed by atoms with Crippen LogP contribution >= 0.6 is 11.6 Å². The number of rotatable bonds is 1. The third-order valence-electron chi connectivity index (χ3n) is 9.63. The summed E-state index contributed by atoms with van der Waals surface area (Å²) in [5, 5.41) is 10.8. The number of carbonyl (C=O) groups excluding carboxylic acids is 1. The number of hydrogen-bond acceptors (Lipinski definition) is 7. The third kappa shape index (κ3) is 5.48. The number of aromatic nitrogens is 1. The van der Waals surface area contributed by atoms with E-state index in [1.807, 2.05) is 25.1 Å². The van der Waals surface area contributed by atoms with E-state index in [1.54, 1.807) is 18.2 Å². The van der Waals surface area contributed by atoms with E-state index < -0.39 is 27.3 Å². The summed E-state index contributed by atoms with van der Waals surface area (Å²) < 4.78 is 35.1. The van der Waals surface area contributed by atoms with Crippen LogP contribution in [0.25, 0.3) is 0 Å². The van der Waals surface area contributed by atoms with Crippen molar-refractivity contribution in [2.45, 2.75) is 75.1 Å². The van der Waals surface area contributed by atoms with Gasteiger partial charge in [0.2, 0.25) is 10.0 Å². The molecule has 1 saturated carbocycles. The molecule has 2 aliphatic carbocycles. The average Bonchev–Trinajstić information content (AvgIpc) is 3.07. The lowest BCUT2D eigenvalue weighted by Gasteiger charge is -2.45. The molecule has 41 heavy (non-hydrogen) atoms. The molecule has 1 fully saturated rings. The van der Waals surface area contributed by atoms with Gasteiger partial charge in [-0.3, -0.25) is 4.79 Å². The van der Waals surface area contributed by atoms with Gasteiger partial charge in [0.15, 0.2) is 0 Å². The van der Waals surface area contributed by atoms with Crippen LogP contribution in [-0.4, -0.2) is 55.5 Å². The third-order valence-corrected chi connectivity index (χ3v) is 11.8. The molecule has 0 saturated heterocycles. The van der Waals surface area contributed by atoms with Gasteiger partial charge in [0, 0.05) is 29.8 Å². The smallest absolute Gasteiger partial charge is 0.264 e. The molecule has 6 rings (SSSR count). The topological polar surface area (TPSA) is 109 Å². The van der Waals surface area contributed by atoms with Crippen molar-refractivity contribution in [1.82, 2.24) is 9.71 Å². The minimum absolute atomic E-state index is 0.124. The van der Waals surface area contributed by atoms with Crippen LogP contribution in [0.15, 0.2) is 42.5 Å². The van der Waals surface area contributed by atoms with Gasteiger partial charge in [-0.1, -0.05) is 36.7 Å². The van der Waals surface area contributed by atoms with Crippen LogP contribution in [0.4, 0.5) is 5.69 Å². The van der Waals surface area contributed by atoms with Crippen LogP contribution in [0.3, 0.4) is 0 Å². The fourth-order valence-electron chi connectivity index (χ4n) is 7.16. The number of amides is 1. The molecule has 0 unspecified atom stereocenters. The minimum atomic E-state index is -3.88. The summed E-state index contributed by atoms with van der Waals surface area (Å²) in [6, 6.07) is 9.10. The van der Waals surface area contributed by atoms with Gasteiger partial charge >= 0.3 is 0 Å². The number of carbonyl (C=O) groups is 1. The Morgan fingerprint density at radius 1 is 1.22 bits per heavy atom. The van der Waals surface area contributed by atoms with Crippen molar-refractivity contribution in [1.29, 1.82) is 0 Å². The molecule has 0 radical (unpaired) electrons. The van der Waals surface area contributed by atoms with Crippen LogP contribution in [0.2, 0.25) is 5.15 Å². The number of sulfonamides is 1. The molecule has 2 aromatic rings. The fraction of sp³-hybridized carbons (Fsp3) is 0.548. The van der Waals surface area contributed by atoms with Crippen molar-refractivity contribution in [3.63, 3.8) is 0 Å². The highest BCUT2D eigenvalue weighted by Crippen LogP contribution is 2.46. The predicted molar refractivity (Wildman–Crippen MR) is 159 cm³/mol. The van der Waals surface area contributed by atoms with E-state index in [9.17, 15) is 18.3 Å². The maximum Gasteiger partial charge on any atom is 0.264 e. The number of nitrogens with one attached hydrogen (secondary N) is 1. The first-order valence-corrected chi connectivity index (χ1v) is 16.7. The van der Waals surface area contributed by atoms with Crippen LogP contribution in [0, 0.1) is 11.8 Å². The van der Waals surface area contributed by atoms with E-state index in [0.29, 0.717) is 49.9 Å². The number of hydrogen-bond donors (Lipinski definition) is 2. The first kappa shape index (κ1) is 28.5. The van der Waals surface area contributed by atoms with Gasteiger partial charge < -0.3 is 14.7 Å². The molecule has 1 aromatic carbocycles. The van der Waals surface area contributed by atoms with E-state index in [1.165, 1.54) is 0 Å². The number of halogens is 1. The molecule has 5 atom stereocenters. The molecule has 2 aliphatic heterocycles. The van der Waals surface area contributed by atoms with Crippen LogP contribution in [-0.2, 0) is 21.9 Å². The normalized spacial score (nSPS) is 32.0. The van der Waals surface area contributed by atoms with Crippen molar-refractivity contribution in [3.8, 4) is 5.75 Å². The van der Waals surface area contributed by atoms with E-state index in [4.69, 9.17) is 16.3 Å². The lowest BCUT2D eigenvalue weighted by Crippen LogP contribution is -2.49. The number of pyridine rings is 1. The maximum absolute atomic E-state index is 13.3. The van der Waals surface area contributed by atoms with Gasteiger partial charge in [0.25, 0.3) is 5.91 Å². The summed E-state index contributed by atoms with van der Waals surface area (Å²) in [7, 11) is -3.88. The Morgan fingerprint density at radius 2 is 2.07 bits per heavy atom. The lowest BCUT2D eigenvalue weighted by atomic mass is 9.69. The second kappa shape index (κ2) is 11.2. The van der Waals surface area contributed by atoms with Crippen LogP contribution < -0.4 is 14.4 Å². The highest BCUT2D eigenvalue weighted by Gasteiger charge is 2.44. The summed E-state index contributed by atoms with van der Waals surface area (Å²) in [6.07, 6.45) is 9.14. The summed E-state index contributed by atoms with van der Waals surface area (Å²) >= 11 is 6.27. The predicted octanol–water partition coefficient (Wildman–Crippen LogP) is 4.78. The van der Waals surface area contributed by atoms with Gasteiger partial charge in [0.1, 0.15) is 10.9 Å². The summed E-state index contributed by atoms with van der Waals surface area (Å²) in [5.74, 6) is 0.433. The highest BCUT2D eigenvalue weighted by atomic mass is 35.5. The van der Waals surface area contributed by atoms with Crippen molar-refractivity contribution >= 4 is 33.2 Å². The van der Waals surface area contributed by atoms with Gasteiger partial charge in [-0.25, -0.2) is 18.1 Å². The molecule has 4 aliphatic rings. The molecular formula is C31H38ClN3O5S. The first-order chi connectivity index (χ1) is 19.7. The summed E-state index contributed by atoms with van der Waals surface area (Å²) in [6.45, 7) is 3.63. The Morgan fingerprint density at radius 3 is 2.85 bits per heavy atom. The highest BCUT2D eigenvalue weighted by molar-refractivity contribution is 7.90. The Hall–Kier alpha value is -2.62. The van der Waals surface area contributed by atoms with Crippen LogP contribution in [0.5, 0.6) is 5.75 Å². The molecule has 10 heteroatoms. The molecule has 2 bridgehead atoms. The molecule has 1 aromatic heterocycles. The molecule has 2 N–H and O–H groups in total. The van der Waals surface area contributed by atoms with E-state index in [-0.39, 0.29) is 22.8 Å². The van der Waals surface area contributed by atoms with Gasteiger partial charge in [-0.2, -0.15) is 0 Å². The molecule has 1 spiro atoms. The van der Waals surface area contributed by atoms with Crippen molar-refractivity contribution in [2.24, 2.45) is 11.8 Å². The summed E-state index contributed by atoms with van der Waals surface area (Å²) in [5.41, 5.74) is 2.89. The zero-order valence-corrected chi connectivity index (χ0v) is 25.0. The number of aliphatic hydroxyl groups is 1. The number of aliphatic hydroxyl groups excluding tert-OH is 1. The van der Waals surface area contributed by atoms with Crippen molar-refractivity contribution in [3.05, 3.63) is 64.5 Å². The second-order valence-corrected chi connectivity index (χ2v) is 14.5. The molecule has 1 amide bonds. The number of anilines is 1. The number of benzene rings is 1. The number of fused-ring (bicyclic) bond motifs is 4. The van der Waals surface area contributed by atoms with Crippen LogP contribution in [0.1, 0.15) is 73.5 Å². The quantitative estimate of drug-likeness (QED) is 0.359. The van der Waals surface area contributed by atoms with Gasteiger partial charge in [-0.15, -0.1) is 0 Å². The Bertz CT molecular complexity index is 1460. The van der Waals surface area contributed by atoms with E-state index in [2.05, 4.69) is 20.7 Å². The fourth-order valence-corrected chi connectivity index (χ4v) is 8.75. The number of nitrogens with zero attached hydrogens (tertiary/aromatic N) is 2. The van der Waals surface area contributed by atoms with E-state index >= 15 is 0 Å². The largest absolute Gasteiger partial charge is 0.490 e. The molecule has 8 nitrogen and oxygen atoms in total. The molecule has 220 valence electrons. The van der Waals surface area contributed by atoms with Crippen molar-refractivity contribution < 1.29 is 23.1 Å². The lowest BCUT2D eigenvalue weighted by molar-refractivity contribution is 0.0456. The minimum Gasteiger partial charge on any atom is -0.490 e. The van der Waals surface area contributed by atoms with Gasteiger partial charge in [-0.05, 0) is 93.0 Å². The maximum atomic E-state index is 13.3. The Balaban J connectivity index is 1.42. The van der Waals surface area contributed by atoms with Crippen molar-refractivity contribution in [2.75, 3.05) is 24.6 Å². The zero-order valence-electron chi connectivity index (χ0n) is 23.4. The first-order valence-electron chi connectivity index (χ1n) is 14.8. The SMILES string of the molecule is CC[C@@H]1CC/C=C/[C@H](O)[C@@H]2CC[C@H]2CN2C[C@@]3(CCCc4nc(Cl)ccc43)COc3ccc(cc32)C(=O)NS1(=O)=O.